The van der Waals surface area contributed by atoms with Crippen LogP contribution in [0.1, 0.15) is 18.9 Å². The zero-order chi connectivity index (χ0) is 18.0. The summed E-state index contributed by atoms with van der Waals surface area (Å²) in [7, 11) is 1.49. The van der Waals surface area contributed by atoms with E-state index < -0.39 is 18.0 Å². The second kappa shape index (κ2) is 6.93. The van der Waals surface area contributed by atoms with Crippen molar-refractivity contribution in [3.8, 4) is 17.6 Å². The van der Waals surface area contributed by atoms with Crippen molar-refractivity contribution < 1.29 is 18.7 Å². The Hall–Kier alpha value is -2.88. The Kier molecular flexibility index (Phi) is 4.70. The minimum absolute atomic E-state index is 0.147. The van der Waals surface area contributed by atoms with Gasteiger partial charge in [0.05, 0.1) is 24.9 Å². The van der Waals surface area contributed by atoms with Crippen LogP contribution in [-0.4, -0.2) is 36.8 Å². The molecule has 3 rings (SSSR count). The normalized spacial score (nSPS) is 22.5. The van der Waals surface area contributed by atoms with Gasteiger partial charge in [0, 0.05) is 22.9 Å². The lowest BCUT2D eigenvalue weighted by Gasteiger charge is -2.19. The van der Waals surface area contributed by atoms with Crippen molar-refractivity contribution >= 4 is 16.7 Å². The number of rotatable bonds is 5. The van der Waals surface area contributed by atoms with Gasteiger partial charge in [-0.1, -0.05) is 6.92 Å². The van der Waals surface area contributed by atoms with Crippen LogP contribution < -0.4 is 14.8 Å². The molecule has 25 heavy (non-hydrogen) atoms. The Labute approximate surface area is 144 Å². The lowest BCUT2D eigenvalue weighted by atomic mass is 9.97. The number of hydrogen-bond acceptors (Lipinski definition) is 5. The van der Waals surface area contributed by atoms with Gasteiger partial charge in [0.2, 0.25) is 0 Å². The number of carbonyl (C=O) groups excluding carboxylic acids is 1. The maximum atomic E-state index is 13.9. The van der Waals surface area contributed by atoms with E-state index in [1.54, 1.807) is 24.5 Å². The first-order chi connectivity index (χ1) is 12.1. The summed E-state index contributed by atoms with van der Waals surface area (Å²) in [5.41, 5.74) is 0.406. The maximum Gasteiger partial charge on any atom is 0.255 e. The number of methoxy groups -OCH3 is 1. The number of hydrogen-bond donors (Lipinski definition) is 1. The molecule has 1 amide bonds. The van der Waals surface area contributed by atoms with Crippen molar-refractivity contribution in [3.63, 3.8) is 0 Å². The highest BCUT2D eigenvalue weighted by Crippen LogP contribution is 2.32. The van der Waals surface area contributed by atoms with Gasteiger partial charge >= 0.3 is 0 Å². The van der Waals surface area contributed by atoms with Gasteiger partial charge in [-0.25, -0.2) is 4.39 Å². The Morgan fingerprint density at radius 3 is 2.84 bits per heavy atom. The van der Waals surface area contributed by atoms with Crippen molar-refractivity contribution in [2.45, 2.75) is 25.6 Å². The highest BCUT2D eigenvalue weighted by atomic mass is 19.1. The number of carbonyl (C=O) groups is 1. The van der Waals surface area contributed by atoms with E-state index >= 15 is 0 Å². The molecular formula is C18H18FN3O3. The number of benzene rings is 1. The average Bonchev–Trinajstić information content (AvgIpc) is 2.91. The molecule has 3 atom stereocenters. The fraction of sp³-hybridized carbons (Fsp3) is 0.389. The summed E-state index contributed by atoms with van der Waals surface area (Å²) >= 11 is 0. The Balaban J connectivity index is 1.87. The van der Waals surface area contributed by atoms with Crippen molar-refractivity contribution in [2.75, 3.05) is 13.7 Å². The summed E-state index contributed by atoms with van der Waals surface area (Å²) in [5, 5.41) is 13.3. The summed E-state index contributed by atoms with van der Waals surface area (Å²) in [6.45, 7) is 1.99. The van der Waals surface area contributed by atoms with E-state index in [0.29, 0.717) is 23.5 Å². The van der Waals surface area contributed by atoms with Gasteiger partial charge in [-0.05, 0) is 18.6 Å². The van der Waals surface area contributed by atoms with E-state index in [0.717, 1.165) is 10.8 Å². The smallest absolute Gasteiger partial charge is 0.255 e. The van der Waals surface area contributed by atoms with Crippen molar-refractivity contribution in [2.24, 2.45) is 5.92 Å². The van der Waals surface area contributed by atoms with Crippen LogP contribution in [0.3, 0.4) is 0 Å². The number of pyridine rings is 1. The quantitative estimate of drug-likeness (QED) is 0.901. The number of amides is 1. The monoisotopic (exact) mass is 343 g/mol. The largest absolute Gasteiger partial charge is 0.495 e. The number of nitrogens with zero attached hydrogens (tertiary/aromatic N) is 2. The van der Waals surface area contributed by atoms with E-state index in [9.17, 15) is 14.4 Å². The molecule has 3 unspecified atom stereocenters. The standard InChI is InChI=1S/C18H18FN3O3/c1-3-12-14(22-18(23)17(12)19)9-25-16-8-21-7-11-4-10(6-20)15(24-2)5-13(11)16/h4-5,7-8,12,14,17H,3,9H2,1-2H3,(H,22,23). The highest BCUT2D eigenvalue weighted by Gasteiger charge is 2.41. The van der Waals surface area contributed by atoms with Crippen LogP contribution in [0, 0.1) is 17.2 Å². The molecule has 0 aliphatic carbocycles. The molecule has 0 bridgehead atoms. The van der Waals surface area contributed by atoms with E-state index in [4.69, 9.17) is 9.47 Å². The predicted molar refractivity (Wildman–Crippen MR) is 89.1 cm³/mol. The summed E-state index contributed by atoms with van der Waals surface area (Å²) in [6, 6.07) is 5.08. The summed E-state index contributed by atoms with van der Waals surface area (Å²) in [6.07, 6.45) is 2.23. The van der Waals surface area contributed by atoms with Crippen molar-refractivity contribution in [1.82, 2.24) is 10.3 Å². The third kappa shape index (κ3) is 3.07. The fourth-order valence-electron chi connectivity index (χ4n) is 3.15. The van der Waals surface area contributed by atoms with E-state index in [-0.39, 0.29) is 12.6 Å². The molecule has 6 nitrogen and oxygen atoms in total. The maximum absolute atomic E-state index is 13.9. The first-order valence-electron chi connectivity index (χ1n) is 8.02. The van der Waals surface area contributed by atoms with Crippen LogP contribution >= 0.6 is 0 Å². The molecule has 7 heteroatoms. The lowest BCUT2D eigenvalue weighted by Crippen LogP contribution is -2.34. The molecule has 2 heterocycles. The summed E-state index contributed by atoms with van der Waals surface area (Å²) in [4.78, 5) is 15.7. The Morgan fingerprint density at radius 1 is 1.36 bits per heavy atom. The van der Waals surface area contributed by atoms with Crippen LogP contribution in [-0.2, 0) is 4.79 Å². The number of fused-ring (bicyclic) bond motifs is 1. The van der Waals surface area contributed by atoms with Gasteiger partial charge in [-0.3, -0.25) is 9.78 Å². The number of ether oxygens (including phenoxy) is 2. The molecule has 1 saturated heterocycles. The predicted octanol–water partition coefficient (Wildman–Crippen LogP) is 2.36. The Bertz CT molecular complexity index is 849. The second-order valence-corrected chi connectivity index (χ2v) is 5.92. The molecule has 130 valence electrons. The SMILES string of the molecule is CCC1C(COc2cncc3cc(C#N)c(OC)cc23)NC(=O)C1F. The van der Waals surface area contributed by atoms with E-state index in [1.165, 1.54) is 7.11 Å². The topological polar surface area (TPSA) is 84.2 Å². The van der Waals surface area contributed by atoms with Crippen LogP contribution in [0.15, 0.2) is 24.5 Å². The molecule has 1 aliphatic heterocycles. The first kappa shape index (κ1) is 17.0. The summed E-state index contributed by atoms with van der Waals surface area (Å²) < 4.78 is 24.9. The number of alkyl halides is 1. The molecule has 1 aromatic carbocycles. The zero-order valence-corrected chi connectivity index (χ0v) is 14.0. The number of aromatic nitrogens is 1. The minimum atomic E-state index is -1.50. The molecular weight excluding hydrogens is 325 g/mol. The molecule has 1 N–H and O–H groups in total. The third-order valence-electron chi connectivity index (χ3n) is 4.52. The summed E-state index contributed by atoms with van der Waals surface area (Å²) in [5.74, 6) is -0.0610. The fourth-order valence-corrected chi connectivity index (χ4v) is 3.15. The molecule has 2 aromatic rings. The van der Waals surface area contributed by atoms with Gasteiger partial charge in [0.1, 0.15) is 24.2 Å². The van der Waals surface area contributed by atoms with Gasteiger partial charge in [-0.2, -0.15) is 5.26 Å². The molecule has 1 aromatic heterocycles. The van der Waals surface area contributed by atoms with Crippen LogP contribution in [0.5, 0.6) is 11.5 Å². The molecule has 1 aliphatic rings. The average molecular weight is 343 g/mol. The number of nitrogens with one attached hydrogen (secondary N) is 1. The molecule has 0 saturated carbocycles. The Morgan fingerprint density at radius 2 is 2.16 bits per heavy atom. The molecule has 1 fully saturated rings. The van der Waals surface area contributed by atoms with Crippen LogP contribution in [0.4, 0.5) is 4.39 Å². The van der Waals surface area contributed by atoms with Crippen LogP contribution in [0.25, 0.3) is 10.8 Å². The molecule has 0 spiro atoms. The second-order valence-electron chi connectivity index (χ2n) is 5.92. The number of halogens is 1. The van der Waals surface area contributed by atoms with Crippen molar-refractivity contribution in [3.05, 3.63) is 30.1 Å². The van der Waals surface area contributed by atoms with Gasteiger partial charge in [0.25, 0.3) is 5.91 Å². The third-order valence-corrected chi connectivity index (χ3v) is 4.52. The highest BCUT2D eigenvalue weighted by molar-refractivity contribution is 5.90. The van der Waals surface area contributed by atoms with E-state index in [2.05, 4.69) is 16.4 Å². The zero-order valence-electron chi connectivity index (χ0n) is 14.0. The van der Waals surface area contributed by atoms with Gasteiger partial charge < -0.3 is 14.8 Å². The molecule has 0 radical (unpaired) electrons. The minimum Gasteiger partial charge on any atom is -0.495 e. The first-order valence-corrected chi connectivity index (χ1v) is 8.02. The van der Waals surface area contributed by atoms with Gasteiger partial charge in [-0.15, -0.1) is 0 Å². The van der Waals surface area contributed by atoms with Crippen molar-refractivity contribution in [1.29, 1.82) is 5.26 Å². The number of nitriles is 1. The van der Waals surface area contributed by atoms with Gasteiger partial charge in [0.15, 0.2) is 6.17 Å². The van der Waals surface area contributed by atoms with Crippen LogP contribution in [0.2, 0.25) is 0 Å². The lowest BCUT2D eigenvalue weighted by molar-refractivity contribution is -0.123. The van der Waals surface area contributed by atoms with E-state index in [1.807, 2.05) is 6.92 Å².